The molecule has 0 bridgehead atoms. The molecule has 3 rings (SSSR count). The number of ketones is 1. The number of benzene rings is 2. The fourth-order valence-corrected chi connectivity index (χ4v) is 4.65. The number of aromatic nitrogens is 1. The van der Waals surface area contributed by atoms with Gasteiger partial charge in [0.05, 0.1) is 17.9 Å². The third-order valence-electron chi connectivity index (χ3n) is 5.11. The van der Waals surface area contributed by atoms with Crippen molar-refractivity contribution in [3.05, 3.63) is 69.7 Å². The number of Topliss-reactive ketones (excluding diaryl/α,β-unsaturated/α-hetero) is 1. The van der Waals surface area contributed by atoms with Crippen LogP contribution in [0.2, 0.25) is 0 Å². The first kappa shape index (κ1) is 24.0. The lowest BCUT2D eigenvalue weighted by atomic mass is 10.0. The highest BCUT2D eigenvalue weighted by atomic mass is 32.1. The Balaban J connectivity index is 1.77. The van der Waals surface area contributed by atoms with Crippen molar-refractivity contribution in [2.45, 2.75) is 52.6 Å². The molecule has 7 heteroatoms. The maximum atomic E-state index is 12.8. The Hall–Kier alpha value is -2.67. The summed E-state index contributed by atoms with van der Waals surface area (Å²) in [5, 5.41) is 0.668. The Morgan fingerprint density at radius 2 is 1.81 bits per heavy atom. The van der Waals surface area contributed by atoms with Crippen LogP contribution in [0.3, 0.4) is 0 Å². The van der Waals surface area contributed by atoms with E-state index in [0.29, 0.717) is 35.6 Å². The number of rotatable bonds is 8. The largest absolute Gasteiger partial charge is 0.494 e. The summed E-state index contributed by atoms with van der Waals surface area (Å²) in [6, 6.07) is 10.5. The van der Waals surface area contributed by atoms with Crippen molar-refractivity contribution in [1.82, 2.24) is 4.98 Å². The molecule has 0 fully saturated rings. The van der Waals surface area contributed by atoms with Gasteiger partial charge in [-0.15, -0.1) is 11.3 Å². The van der Waals surface area contributed by atoms with Crippen LogP contribution in [0.4, 0.5) is 13.2 Å². The van der Waals surface area contributed by atoms with Crippen molar-refractivity contribution in [1.29, 1.82) is 0 Å². The van der Waals surface area contributed by atoms with E-state index in [4.69, 9.17) is 4.74 Å². The summed E-state index contributed by atoms with van der Waals surface area (Å²) in [5.74, 6) is 0.956. The number of hydrogen-bond acceptors (Lipinski definition) is 4. The van der Waals surface area contributed by atoms with E-state index >= 15 is 0 Å². The van der Waals surface area contributed by atoms with Crippen LogP contribution in [0.1, 0.15) is 65.2 Å². The molecule has 0 saturated heterocycles. The van der Waals surface area contributed by atoms with Crippen molar-refractivity contribution < 1.29 is 22.7 Å². The summed E-state index contributed by atoms with van der Waals surface area (Å²) in [6.45, 7) is 8.44. The molecule has 0 N–H and O–H groups in total. The van der Waals surface area contributed by atoms with Crippen LogP contribution in [0.25, 0.3) is 10.6 Å². The Labute approximate surface area is 190 Å². The Kier molecular flexibility index (Phi) is 7.39. The zero-order chi connectivity index (χ0) is 23.5. The standard InChI is InChI=1S/C25H26F3NO2S/c1-5-31-21-12-8-18(14-16(21)4)20(30)11-13-22-23(15(2)3)29-24(32-22)17-6-9-19(10-7-17)25(26,27)28/h6-10,12,14-15H,5,11,13H2,1-4H3. The molecule has 0 unspecified atom stereocenters. The number of carbonyl (C=O) groups is 1. The third kappa shape index (κ3) is 5.57. The number of ether oxygens (including phenoxy) is 1. The SMILES string of the molecule is CCOc1ccc(C(=O)CCc2sc(-c3ccc(C(F)(F)F)cc3)nc2C(C)C)cc1C. The van der Waals surface area contributed by atoms with Crippen LogP contribution < -0.4 is 4.74 Å². The van der Waals surface area contributed by atoms with Gasteiger partial charge in [0.15, 0.2) is 5.78 Å². The van der Waals surface area contributed by atoms with Crippen LogP contribution in [0.15, 0.2) is 42.5 Å². The Morgan fingerprint density at radius 1 is 1.12 bits per heavy atom. The van der Waals surface area contributed by atoms with Gasteiger partial charge in [-0.05, 0) is 62.1 Å². The second-order valence-electron chi connectivity index (χ2n) is 7.89. The first-order valence-corrected chi connectivity index (χ1v) is 11.4. The molecule has 0 aliphatic heterocycles. The topological polar surface area (TPSA) is 39.2 Å². The van der Waals surface area contributed by atoms with Crippen molar-refractivity contribution in [2.24, 2.45) is 0 Å². The normalized spacial score (nSPS) is 11.8. The number of alkyl halides is 3. The molecule has 32 heavy (non-hydrogen) atoms. The van der Waals surface area contributed by atoms with Crippen LogP contribution in [0, 0.1) is 6.92 Å². The molecule has 0 radical (unpaired) electrons. The lowest BCUT2D eigenvalue weighted by molar-refractivity contribution is -0.137. The van der Waals surface area contributed by atoms with Crippen molar-refractivity contribution >= 4 is 17.1 Å². The van der Waals surface area contributed by atoms with Crippen molar-refractivity contribution in [3.8, 4) is 16.3 Å². The predicted octanol–water partition coefficient (Wildman–Crippen LogP) is 7.47. The molecule has 1 heterocycles. The molecule has 0 aliphatic rings. The molecule has 0 saturated carbocycles. The van der Waals surface area contributed by atoms with Gasteiger partial charge in [0, 0.05) is 22.4 Å². The zero-order valence-electron chi connectivity index (χ0n) is 18.5. The minimum atomic E-state index is -4.37. The van der Waals surface area contributed by atoms with Crippen LogP contribution in [0.5, 0.6) is 5.75 Å². The number of halogens is 3. The van der Waals surface area contributed by atoms with Crippen molar-refractivity contribution in [3.63, 3.8) is 0 Å². The van der Waals surface area contributed by atoms with E-state index in [1.54, 1.807) is 6.07 Å². The molecule has 1 aromatic heterocycles. The summed E-state index contributed by atoms with van der Waals surface area (Å²) in [7, 11) is 0. The molecule has 0 spiro atoms. The van der Waals surface area contributed by atoms with Gasteiger partial charge in [-0.25, -0.2) is 4.98 Å². The van der Waals surface area contributed by atoms with E-state index < -0.39 is 11.7 Å². The van der Waals surface area contributed by atoms with Gasteiger partial charge in [-0.2, -0.15) is 13.2 Å². The van der Waals surface area contributed by atoms with Crippen LogP contribution in [-0.4, -0.2) is 17.4 Å². The molecule has 0 amide bonds. The number of carbonyl (C=O) groups excluding carboxylic acids is 1. The highest BCUT2D eigenvalue weighted by Crippen LogP contribution is 2.35. The molecule has 0 aliphatic carbocycles. The monoisotopic (exact) mass is 461 g/mol. The predicted molar refractivity (Wildman–Crippen MR) is 122 cm³/mol. The number of nitrogens with zero attached hydrogens (tertiary/aromatic N) is 1. The lowest BCUT2D eigenvalue weighted by Crippen LogP contribution is -2.04. The molecule has 3 aromatic rings. The van der Waals surface area contributed by atoms with E-state index in [0.717, 1.165) is 34.0 Å². The molecule has 3 nitrogen and oxygen atoms in total. The minimum Gasteiger partial charge on any atom is -0.494 e. The average Bonchev–Trinajstić information content (AvgIpc) is 3.18. The molecule has 0 atom stereocenters. The van der Waals surface area contributed by atoms with Gasteiger partial charge in [0.1, 0.15) is 10.8 Å². The Bertz CT molecular complexity index is 1090. The Morgan fingerprint density at radius 3 is 2.38 bits per heavy atom. The van der Waals surface area contributed by atoms with Gasteiger partial charge >= 0.3 is 6.18 Å². The van der Waals surface area contributed by atoms with Gasteiger partial charge in [0.2, 0.25) is 0 Å². The molecule has 170 valence electrons. The maximum Gasteiger partial charge on any atom is 0.416 e. The van der Waals surface area contributed by atoms with Crippen molar-refractivity contribution in [2.75, 3.05) is 6.61 Å². The van der Waals surface area contributed by atoms with Gasteiger partial charge in [-0.1, -0.05) is 26.0 Å². The lowest BCUT2D eigenvalue weighted by Gasteiger charge is -2.09. The fourth-order valence-electron chi connectivity index (χ4n) is 3.43. The molecular weight excluding hydrogens is 435 g/mol. The van der Waals surface area contributed by atoms with E-state index in [1.807, 2.05) is 39.8 Å². The third-order valence-corrected chi connectivity index (χ3v) is 6.29. The second-order valence-corrected chi connectivity index (χ2v) is 8.98. The quantitative estimate of drug-likeness (QED) is 0.327. The summed E-state index contributed by atoms with van der Waals surface area (Å²) < 4.78 is 44.1. The van der Waals surface area contributed by atoms with E-state index in [9.17, 15) is 18.0 Å². The fraction of sp³-hybridized carbons (Fsp3) is 0.360. The molecule has 2 aromatic carbocycles. The van der Waals surface area contributed by atoms with Gasteiger partial charge < -0.3 is 4.74 Å². The molecular formula is C25H26F3NO2S. The number of aryl methyl sites for hydroxylation is 2. The first-order valence-electron chi connectivity index (χ1n) is 10.5. The highest BCUT2D eigenvalue weighted by molar-refractivity contribution is 7.15. The van der Waals surface area contributed by atoms with Gasteiger partial charge in [0.25, 0.3) is 0 Å². The summed E-state index contributed by atoms with van der Waals surface area (Å²) in [6.07, 6.45) is -3.49. The highest BCUT2D eigenvalue weighted by Gasteiger charge is 2.30. The summed E-state index contributed by atoms with van der Waals surface area (Å²) in [5.41, 5.74) is 2.41. The van der Waals surface area contributed by atoms with E-state index in [2.05, 4.69) is 4.98 Å². The number of thiazole rings is 1. The zero-order valence-corrected chi connectivity index (χ0v) is 19.4. The average molecular weight is 462 g/mol. The number of hydrogen-bond donors (Lipinski definition) is 0. The van der Waals surface area contributed by atoms with Crippen LogP contribution in [-0.2, 0) is 12.6 Å². The minimum absolute atomic E-state index is 0.0373. The van der Waals surface area contributed by atoms with E-state index in [1.165, 1.54) is 23.5 Å². The second kappa shape index (κ2) is 9.86. The van der Waals surface area contributed by atoms with Gasteiger partial charge in [-0.3, -0.25) is 4.79 Å². The maximum absolute atomic E-state index is 12.8. The summed E-state index contributed by atoms with van der Waals surface area (Å²) >= 11 is 1.44. The van der Waals surface area contributed by atoms with Crippen LogP contribution >= 0.6 is 11.3 Å². The van der Waals surface area contributed by atoms with E-state index in [-0.39, 0.29) is 11.7 Å². The summed E-state index contributed by atoms with van der Waals surface area (Å²) in [4.78, 5) is 18.4. The first-order chi connectivity index (χ1) is 15.1. The smallest absolute Gasteiger partial charge is 0.416 e.